The van der Waals surface area contributed by atoms with Crippen LogP contribution in [0.2, 0.25) is 5.02 Å². The monoisotopic (exact) mass is 439 g/mol. The Morgan fingerprint density at radius 1 is 1.03 bits per heavy atom. The Morgan fingerprint density at radius 2 is 1.74 bits per heavy atom. The maximum atomic E-state index is 14.0. The van der Waals surface area contributed by atoms with Gasteiger partial charge < -0.3 is 9.64 Å². The summed E-state index contributed by atoms with van der Waals surface area (Å²) in [6.45, 7) is 6.13. The second-order valence-electron chi connectivity index (χ2n) is 7.78. The molecule has 0 radical (unpaired) electrons. The Kier molecular flexibility index (Phi) is 5.58. The molecule has 4 rings (SSSR count). The molecule has 0 unspecified atom stereocenters. The summed E-state index contributed by atoms with van der Waals surface area (Å²) in [6, 6.07) is 13.6. The van der Waals surface area contributed by atoms with Gasteiger partial charge in [0.2, 0.25) is 5.88 Å². The maximum absolute atomic E-state index is 14.0. The molecule has 0 spiro atoms. The number of carbonyl (C=O) groups is 1. The Hall–Kier alpha value is -3.12. The molecule has 5 nitrogen and oxygen atoms in total. The summed E-state index contributed by atoms with van der Waals surface area (Å²) < 4.78 is 19.2. The highest BCUT2D eigenvalue weighted by Gasteiger charge is 2.33. The van der Waals surface area contributed by atoms with Crippen LogP contribution in [-0.2, 0) is 0 Å². The second-order valence-corrected chi connectivity index (χ2v) is 8.22. The van der Waals surface area contributed by atoms with Crippen molar-refractivity contribution in [2.24, 2.45) is 0 Å². The summed E-state index contributed by atoms with van der Waals surface area (Å²) in [5.74, 6) is 0.115. The molecule has 0 aliphatic carbocycles. The quantitative estimate of drug-likeness (QED) is 0.495. The van der Waals surface area contributed by atoms with Gasteiger partial charge in [0.05, 0.1) is 29.7 Å². The number of nitrogens with zero attached hydrogens (tertiary/aromatic N) is 3. The topological polar surface area (TPSA) is 45.7 Å². The molecule has 3 aromatic rings. The summed E-state index contributed by atoms with van der Waals surface area (Å²) in [5.41, 5.74) is 4.26. The number of benzene rings is 2. The summed E-state index contributed by atoms with van der Waals surface area (Å²) in [6.07, 6.45) is 0. The number of aromatic nitrogens is 1. The first-order valence-electron chi connectivity index (χ1n) is 10.00. The number of ether oxygens (including phenoxy) is 1. The zero-order valence-corrected chi connectivity index (χ0v) is 18.6. The van der Waals surface area contributed by atoms with E-state index in [2.05, 4.69) is 4.98 Å². The lowest BCUT2D eigenvalue weighted by Gasteiger charge is -2.39. The van der Waals surface area contributed by atoms with Crippen molar-refractivity contribution in [3.8, 4) is 5.88 Å². The largest absolute Gasteiger partial charge is 0.481 e. The molecule has 160 valence electrons. The number of pyridine rings is 1. The van der Waals surface area contributed by atoms with E-state index in [4.69, 9.17) is 16.3 Å². The van der Waals surface area contributed by atoms with E-state index in [1.54, 1.807) is 42.3 Å². The zero-order valence-electron chi connectivity index (χ0n) is 17.8. The van der Waals surface area contributed by atoms with Gasteiger partial charge in [-0.1, -0.05) is 25.4 Å². The van der Waals surface area contributed by atoms with Crippen LogP contribution in [0.1, 0.15) is 41.4 Å². The average molecular weight is 440 g/mol. The van der Waals surface area contributed by atoms with E-state index in [0.29, 0.717) is 27.8 Å². The van der Waals surface area contributed by atoms with Gasteiger partial charge in [0.15, 0.2) is 0 Å². The fraction of sp³-hybridized carbons (Fsp3) is 0.250. The van der Waals surface area contributed by atoms with E-state index in [9.17, 15) is 9.18 Å². The van der Waals surface area contributed by atoms with Gasteiger partial charge >= 0.3 is 0 Å². The molecule has 1 aliphatic rings. The minimum atomic E-state index is -0.288. The average Bonchev–Trinajstić information content (AvgIpc) is 2.74. The number of amides is 1. The van der Waals surface area contributed by atoms with Crippen LogP contribution in [0.25, 0.3) is 0 Å². The van der Waals surface area contributed by atoms with Crippen molar-refractivity contribution in [2.75, 3.05) is 23.6 Å². The summed E-state index contributed by atoms with van der Waals surface area (Å²) in [5, 5.41) is 0.474. The van der Waals surface area contributed by atoms with Gasteiger partial charge in [-0.15, -0.1) is 0 Å². The number of anilines is 3. The van der Waals surface area contributed by atoms with E-state index in [0.717, 1.165) is 16.9 Å². The fourth-order valence-electron chi connectivity index (χ4n) is 3.90. The van der Waals surface area contributed by atoms with Gasteiger partial charge in [0, 0.05) is 16.8 Å². The van der Waals surface area contributed by atoms with E-state index in [1.165, 1.54) is 6.07 Å². The van der Waals surface area contributed by atoms with Crippen LogP contribution in [0.5, 0.6) is 5.88 Å². The third-order valence-corrected chi connectivity index (χ3v) is 5.68. The van der Waals surface area contributed by atoms with Crippen LogP contribution in [0, 0.1) is 12.7 Å². The Bertz CT molecular complexity index is 1170. The van der Waals surface area contributed by atoms with Crippen LogP contribution >= 0.6 is 11.6 Å². The lowest BCUT2D eigenvalue weighted by molar-refractivity contribution is 0.0983. The summed E-state index contributed by atoms with van der Waals surface area (Å²) in [4.78, 5) is 21.5. The number of fused-ring (bicyclic) bond motifs is 1. The van der Waals surface area contributed by atoms with Gasteiger partial charge in [-0.2, -0.15) is 0 Å². The van der Waals surface area contributed by atoms with Crippen LogP contribution in [0.3, 0.4) is 0 Å². The minimum absolute atomic E-state index is 0.0944. The van der Waals surface area contributed by atoms with Crippen LogP contribution in [0.4, 0.5) is 21.5 Å². The molecule has 7 heteroatoms. The van der Waals surface area contributed by atoms with Crippen molar-refractivity contribution >= 4 is 34.6 Å². The minimum Gasteiger partial charge on any atom is -0.481 e. The Labute approximate surface area is 186 Å². The van der Waals surface area contributed by atoms with Crippen molar-refractivity contribution in [3.63, 3.8) is 0 Å². The van der Waals surface area contributed by atoms with E-state index < -0.39 is 0 Å². The number of carbonyl (C=O) groups excluding carboxylic acids is 1. The predicted molar refractivity (Wildman–Crippen MR) is 121 cm³/mol. The Balaban J connectivity index is 1.89. The van der Waals surface area contributed by atoms with E-state index >= 15 is 0 Å². The predicted octanol–water partition coefficient (Wildman–Crippen LogP) is 6.07. The molecule has 2 aromatic carbocycles. The molecule has 0 atom stereocenters. The van der Waals surface area contributed by atoms with Gasteiger partial charge in [-0.25, -0.2) is 9.37 Å². The molecule has 31 heavy (non-hydrogen) atoms. The number of methoxy groups -OCH3 is 1. The van der Waals surface area contributed by atoms with E-state index in [1.807, 2.05) is 37.8 Å². The first-order chi connectivity index (χ1) is 14.8. The lowest BCUT2D eigenvalue weighted by atomic mass is 9.98. The van der Waals surface area contributed by atoms with Crippen LogP contribution in [0.15, 0.2) is 48.5 Å². The van der Waals surface area contributed by atoms with Crippen molar-refractivity contribution in [1.29, 1.82) is 0 Å². The number of hydrogen-bond acceptors (Lipinski definition) is 4. The molecule has 2 heterocycles. The van der Waals surface area contributed by atoms with Gasteiger partial charge in [0.25, 0.3) is 5.91 Å². The first kappa shape index (κ1) is 21.1. The highest BCUT2D eigenvalue weighted by atomic mass is 35.5. The highest BCUT2D eigenvalue weighted by molar-refractivity contribution is 6.31. The van der Waals surface area contributed by atoms with Crippen LogP contribution < -0.4 is 14.5 Å². The molecule has 0 fully saturated rings. The lowest BCUT2D eigenvalue weighted by Crippen LogP contribution is -2.45. The van der Waals surface area contributed by atoms with Crippen molar-refractivity contribution < 1.29 is 13.9 Å². The summed E-state index contributed by atoms with van der Waals surface area (Å²) in [7, 11) is 1.55. The zero-order chi connectivity index (χ0) is 22.3. The number of halogens is 2. The molecule has 1 amide bonds. The van der Waals surface area contributed by atoms with Crippen LogP contribution in [-0.4, -0.2) is 24.7 Å². The van der Waals surface area contributed by atoms with Gasteiger partial charge in [-0.05, 0) is 60.9 Å². The second kappa shape index (κ2) is 8.19. The third-order valence-electron chi connectivity index (χ3n) is 5.44. The van der Waals surface area contributed by atoms with Gasteiger partial charge in [0.1, 0.15) is 12.5 Å². The fourth-order valence-corrected chi connectivity index (χ4v) is 4.07. The van der Waals surface area contributed by atoms with Crippen molar-refractivity contribution in [1.82, 2.24) is 4.98 Å². The Morgan fingerprint density at radius 3 is 2.42 bits per heavy atom. The van der Waals surface area contributed by atoms with Crippen molar-refractivity contribution in [2.45, 2.75) is 26.7 Å². The number of aryl methyl sites for hydroxylation is 1. The number of rotatable bonds is 4. The normalized spacial score (nSPS) is 13.6. The first-order valence-corrected chi connectivity index (χ1v) is 10.4. The number of hydrogen-bond donors (Lipinski definition) is 0. The standard InChI is InChI=1S/C24H23ClFN3O2/c1-14(2)18-12-17(26)6-8-21(18)28-13-29(20-9-10-23(31-4)27-15(20)3)24(30)19-11-16(25)5-7-22(19)28/h5-12,14H,13H2,1-4H3. The molecule has 0 saturated carbocycles. The highest BCUT2D eigenvalue weighted by Crippen LogP contribution is 2.40. The van der Waals surface area contributed by atoms with E-state index in [-0.39, 0.29) is 24.3 Å². The van der Waals surface area contributed by atoms with Crippen molar-refractivity contribution in [3.05, 3.63) is 76.2 Å². The molecule has 1 aliphatic heterocycles. The molecule has 1 aromatic heterocycles. The molecule has 0 bridgehead atoms. The SMILES string of the molecule is COc1ccc(N2CN(c3ccc(F)cc3C(C)C)c3ccc(Cl)cc3C2=O)c(C)n1. The molecular formula is C24H23ClFN3O2. The summed E-state index contributed by atoms with van der Waals surface area (Å²) >= 11 is 6.24. The van der Waals surface area contributed by atoms with Gasteiger partial charge in [-0.3, -0.25) is 9.69 Å². The smallest absolute Gasteiger partial charge is 0.261 e. The molecule has 0 saturated heterocycles. The molecular weight excluding hydrogens is 417 g/mol. The third kappa shape index (κ3) is 3.83. The maximum Gasteiger partial charge on any atom is 0.261 e. The molecule has 0 N–H and O–H groups in total.